The lowest BCUT2D eigenvalue weighted by Crippen LogP contribution is -2.52. The first-order valence-corrected chi connectivity index (χ1v) is 16.1. The summed E-state index contributed by atoms with van der Waals surface area (Å²) in [4.78, 5) is 28.9. The molecule has 0 radical (unpaired) electrons. The van der Waals surface area contributed by atoms with Gasteiger partial charge in [0, 0.05) is 23.1 Å². The predicted molar refractivity (Wildman–Crippen MR) is 170 cm³/mol. The number of carbonyl (C=O) groups is 2. The molecule has 232 valence electrons. The smallest absolute Gasteiger partial charge is 0.264 e. The van der Waals surface area contributed by atoms with Crippen molar-refractivity contribution in [3.8, 4) is 11.5 Å². The molecule has 9 nitrogen and oxygen atoms in total. The van der Waals surface area contributed by atoms with Crippen LogP contribution in [0.1, 0.15) is 38.7 Å². The molecule has 2 amide bonds. The van der Waals surface area contributed by atoms with Crippen LogP contribution >= 0.6 is 23.2 Å². The zero-order valence-corrected chi connectivity index (χ0v) is 27.0. The second-order valence-corrected chi connectivity index (χ2v) is 12.4. The van der Waals surface area contributed by atoms with E-state index in [9.17, 15) is 18.0 Å². The van der Waals surface area contributed by atoms with Crippen LogP contribution in [0.15, 0.2) is 71.6 Å². The zero-order chi connectivity index (χ0) is 31.6. The summed E-state index contributed by atoms with van der Waals surface area (Å²) in [5.41, 5.74) is 0.722. The van der Waals surface area contributed by atoms with Crippen molar-refractivity contribution in [3.63, 3.8) is 0 Å². The summed E-state index contributed by atoms with van der Waals surface area (Å²) in [6.07, 6.45) is 1.95. The fraction of sp³-hybridized carbons (Fsp3) is 0.355. The van der Waals surface area contributed by atoms with Crippen LogP contribution in [0.4, 0.5) is 5.69 Å². The molecule has 0 aliphatic carbocycles. The van der Waals surface area contributed by atoms with Gasteiger partial charge in [-0.15, -0.1) is 0 Å². The lowest BCUT2D eigenvalue weighted by atomic mass is 10.1. The van der Waals surface area contributed by atoms with Crippen LogP contribution in [0.25, 0.3) is 0 Å². The highest BCUT2D eigenvalue weighted by Crippen LogP contribution is 2.33. The predicted octanol–water partition coefficient (Wildman–Crippen LogP) is 5.93. The van der Waals surface area contributed by atoms with Crippen LogP contribution in [-0.4, -0.2) is 58.5 Å². The summed E-state index contributed by atoms with van der Waals surface area (Å²) in [6.45, 7) is 3.60. The lowest BCUT2D eigenvalue weighted by Gasteiger charge is -2.33. The van der Waals surface area contributed by atoms with Gasteiger partial charge >= 0.3 is 0 Å². The maximum Gasteiger partial charge on any atom is 0.264 e. The van der Waals surface area contributed by atoms with Crippen LogP contribution in [0.2, 0.25) is 10.0 Å². The van der Waals surface area contributed by atoms with Crippen molar-refractivity contribution in [3.05, 3.63) is 82.3 Å². The second-order valence-electron chi connectivity index (χ2n) is 9.69. The topological polar surface area (TPSA) is 105 Å². The van der Waals surface area contributed by atoms with Crippen molar-refractivity contribution >= 4 is 50.7 Å². The van der Waals surface area contributed by atoms with Crippen molar-refractivity contribution in [2.45, 2.75) is 50.6 Å². The second kappa shape index (κ2) is 15.8. The molecule has 0 fully saturated rings. The largest absolute Gasteiger partial charge is 0.497 e. The number of halogens is 2. The van der Waals surface area contributed by atoms with E-state index in [0.29, 0.717) is 27.9 Å². The molecule has 0 heterocycles. The third-order valence-electron chi connectivity index (χ3n) is 6.85. The minimum absolute atomic E-state index is 0.0448. The van der Waals surface area contributed by atoms with Gasteiger partial charge in [-0.05, 0) is 66.9 Å². The molecule has 1 N–H and O–H groups in total. The van der Waals surface area contributed by atoms with E-state index >= 15 is 0 Å². The molecule has 0 aromatic heterocycles. The van der Waals surface area contributed by atoms with Gasteiger partial charge in [-0.2, -0.15) is 0 Å². The maximum atomic E-state index is 14.2. The van der Waals surface area contributed by atoms with E-state index in [1.165, 1.54) is 43.4 Å². The SMILES string of the molecule is CCCCNC(=O)C(CC)N(Cc1ccc(Cl)cc1Cl)C(=O)CN(c1ccccc1OC)S(=O)(=O)c1ccc(OC)cc1. The summed E-state index contributed by atoms with van der Waals surface area (Å²) in [5, 5.41) is 3.64. The number of hydrogen-bond acceptors (Lipinski definition) is 6. The van der Waals surface area contributed by atoms with Gasteiger partial charge < -0.3 is 19.7 Å². The van der Waals surface area contributed by atoms with E-state index in [1.807, 2.05) is 6.92 Å². The number of ether oxygens (including phenoxy) is 2. The van der Waals surface area contributed by atoms with Crippen molar-refractivity contribution in [1.82, 2.24) is 10.2 Å². The van der Waals surface area contributed by atoms with Crippen LogP contribution in [0, 0.1) is 0 Å². The molecule has 0 saturated heterocycles. The van der Waals surface area contributed by atoms with Gasteiger partial charge in [-0.3, -0.25) is 13.9 Å². The molecule has 3 aromatic rings. The molecule has 0 aliphatic heterocycles. The number of amides is 2. The fourth-order valence-electron chi connectivity index (χ4n) is 4.48. The Morgan fingerprint density at radius 1 is 0.953 bits per heavy atom. The summed E-state index contributed by atoms with van der Waals surface area (Å²) in [6, 6.07) is 16.4. The van der Waals surface area contributed by atoms with Gasteiger partial charge in [0.2, 0.25) is 11.8 Å². The zero-order valence-electron chi connectivity index (χ0n) is 24.7. The molecule has 3 aromatic carbocycles. The monoisotopic (exact) mass is 649 g/mol. The van der Waals surface area contributed by atoms with Crippen LogP contribution in [0.5, 0.6) is 11.5 Å². The van der Waals surface area contributed by atoms with Gasteiger partial charge in [0.15, 0.2) is 0 Å². The summed E-state index contributed by atoms with van der Waals surface area (Å²) in [5.74, 6) is -0.212. The Bertz CT molecular complexity index is 1500. The van der Waals surface area contributed by atoms with Gasteiger partial charge in [0.05, 0.1) is 24.8 Å². The number of rotatable bonds is 15. The average molecular weight is 651 g/mol. The number of hydrogen-bond donors (Lipinski definition) is 1. The number of nitrogens with zero attached hydrogens (tertiary/aromatic N) is 2. The highest BCUT2D eigenvalue weighted by molar-refractivity contribution is 7.92. The van der Waals surface area contributed by atoms with Crippen LogP contribution in [0.3, 0.4) is 0 Å². The first-order valence-electron chi connectivity index (χ1n) is 13.9. The number of sulfonamides is 1. The fourth-order valence-corrected chi connectivity index (χ4v) is 6.38. The van der Waals surface area contributed by atoms with Crippen molar-refractivity contribution < 1.29 is 27.5 Å². The van der Waals surface area contributed by atoms with E-state index in [0.717, 1.165) is 17.1 Å². The highest BCUT2D eigenvalue weighted by atomic mass is 35.5. The Kier molecular flexibility index (Phi) is 12.5. The van der Waals surface area contributed by atoms with Gasteiger partial charge in [0.1, 0.15) is 24.1 Å². The summed E-state index contributed by atoms with van der Waals surface area (Å²) >= 11 is 12.6. The number of nitrogens with one attached hydrogen (secondary N) is 1. The highest BCUT2D eigenvalue weighted by Gasteiger charge is 2.35. The molecule has 43 heavy (non-hydrogen) atoms. The van der Waals surface area contributed by atoms with Crippen LogP contribution in [-0.2, 0) is 26.2 Å². The summed E-state index contributed by atoms with van der Waals surface area (Å²) in [7, 11) is -1.39. The van der Waals surface area contributed by atoms with E-state index in [2.05, 4.69) is 5.32 Å². The molecule has 0 aliphatic rings. The number of unbranched alkanes of at least 4 members (excludes halogenated alkanes) is 1. The minimum atomic E-state index is -4.29. The quantitative estimate of drug-likeness (QED) is 0.205. The minimum Gasteiger partial charge on any atom is -0.497 e. The normalized spacial score (nSPS) is 11.9. The Balaban J connectivity index is 2.10. The van der Waals surface area contributed by atoms with Crippen molar-refractivity contribution in [2.75, 3.05) is 31.6 Å². The van der Waals surface area contributed by atoms with Gasteiger partial charge in [0.25, 0.3) is 10.0 Å². The molecular formula is C31H37Cl2N3O6S. The van der Waals surface area contributed by atoms with Crippen molar-refractivity contribution in [1.29, 1.82) is 0 Å². The Morgan fingerprint density at radius 2 is 1.65 bits per heavy atom. The molecule has 3 rings (SSSR count). The molecule has 12 heteroatoms. The van der Waals surface area contributed by atoms with Gasteiger partial charge in [-0.1, -0.05) is 61.7 Å². The molecule has 0 spiro atoms. The average Bonchev–Trinajstić information content (AvgIpc) is 3.00. The Labute approximate surface area is 263 Å². The first kappa shape index (κ1) is 34.0. The third kappa shape index (κ3) is 8.55. The molecule has 0 bridgehead atoms. The lowest BCUT2D eigenvalue weighted by molar-refractivity contribution is -0.140. The number of carbonyl (C=O) groups excluding carboxylic acids is 2. The van der Waals surface area contributed by atoms with Crippen molar-refractivity contribution in [2.24, 2.45) is 0 Å². The molecule has 0 saturated carbocycles. The number of methoxy groups -OCH3 is 2. The number of benzene rings is 3. The number of para-hydroxylation sites is 2. The molecule has 1 atom stereocenters. The maximum absolute atomic E-state index is 14.2. The van der Waals surface area contributed by atoms with Gasteiger partial charge in [-0.25, -0.2) is 8.42 Å². The number of anilines is 1. The third-order valence-corrected chi connectivity index (χ3v) is 9.21. The van der Waals surface area contributed by atoms with E-state index < -0.39 is 28.5 Å². The Morgan fingerprint density at radius 3 is 2.26 bits per heavy atom. The molecule has 1 unspecified atom stereocenters. The Hall–Kier alpha value is -3.47. The van der Waals surface area contributed by atoms with E-state index in [-0.39, 0.29) is 35.2 Å². The molecular weight excluding hydrogens is 613 g/mol. The first-order chi connectivity index (χ1) is 20.6. The standard InChI is InChI=1S/C31H37Cl2N3O6S/c1-5-7-18-34-31(38)27(6-2)35(20-22-12-13-23(32)19-26(22)33)30(37)21-36(28-10-8-9-11-29(28)42-4)43(39,40)25-16-14-24(41-3)15-17-25/h8-17,19,27H,5-7,18,20-21H2,1-4H3,(H,34,38). The van der Waals surface area contributed by atoms with E-state index in [4.69, 9.17) is 32.7 Å². The van der Waals surface area contributed by atoms with E-state index in [1.54, 1.807) is 49.4 Å². The van der Waals surface area contributed by atoms with Crippen LogP contribution < -0.4 is 19.1 Å². The summed E-state index contributed by atoms with van der Waals surface area (Å²) < 4.78 is 39.9.